The van der Waals surface area contributed by atoms with E-state index in [1.807, 2.05) is 0 Å². The molecule has 0 aliphatic carbocycles. The van der Waals surface area contributed by atoms with E-state index in [1.54, 1.807) is 13.0 Å². The predicted octanol–water partition coefficient (Wildman–Crippen LogP) is 2.20. The minimum atomic E-state index is -4.41. The molecule has 8 heteroatoms. The Bertz CT molecular complexity index is 673. The van der Waals surface area contributed by atoms with Gasteiger partial charge in [0.15, 0.2) is 0 Å². The molecule has 1 unspecified atom stereocenters. The zero-order chi connectivity index (χ0) is 18.6. The van der Waals surface area contributed by atoms with Crippen LogP contribution in [0.2, 0.25) is 0 Å². The van der Waals surface area contributed by atoms with Crippen molar-refractivity contribution in [3.8, 4) is 0 Å². The molecule has 2 rings (SSSR count). The van der Waals surface area contributed by atoms with Crippen LogP contribution >= 0.6 is 0 Å². The zero-order valence-corrected chi connectivity index (χ0v) is 13.7. The van der Waals surface area contributed by atoms with Crippen LogP contribution in [0.5, 0.6) is 0 Å². The van der Waals surface area contributed by atoms with Crippen molar-refractivity contribution in [2.24, 2.45) is 5.92 Å². The molecule has 3 amide bonds. The van der Waals surface area contributed by atoms with Gasteiger partial charge in [-0.15, -0.1) is 0 Å². The molecule has 2 N–H and O–H groups in total. The van der Waals surface area contributed by atoms with E-state index in [-0.39, 0.29) is 37.1 Å². The van der Waals surface area contributed by atoms with Gasteiger partial charge in [0.25, 0.3) is 0 Å². The Morgan fingerprint density at radius 2 is 2.08 bits per heavy atom. The second-order valence-electron chi connectivity index (χ2n) is 6.22. The molecule has 1 aliphatic heterocycles. The van der Waals surface area contributed by atoms with E-state index in [4.69, 9.17) is 0 Å². The largest absolute Gasteiger partial charge is 0.416 e. The van der Waals surface area contributed by atoms with Crippen LogP contribution in [-0.2, 0) is 27.0 Å². The number of carbonyl (C=O) groups is 3. The molecule has 136 valence electrons. The summed E-state index contributed by atoms with van der Waals surface area (Å²) in [5, 5.41) is 4.86. The smallest absolute Gasteiger partial charge is 0.353 e. The maximum absolute atomic E-state index is 12.7. The third-order valence-corrected chi connectivity index (χ3v) is 3.99. The molecule has 0 aromatic heterocycles. The fourth-order valence-electron chi connectivity index (χ4n) is 2.77. The topological polar surface area (TPSA) is 75.3 Å². The molecule has 0 saturated carbocycles. The summed E-state index contributed by atoms with van der Waals surface area (Å²) in [7, 11) is 0. The maximum Gasteiger partial charge on any atom is 0.416 e. The normalized spacial score (nSPS) is 19.3. The molecular formula is C17H19F3N2O3. The lowest BCUT2D eigenvalue weighted by atomic mass is 9.94. The Hall–Kier alpha value is -2.38. The molecular weight excluding hydrogens is 337 g/mol. The highest BCUT2D eigenvalue weighted by Crippen LogP contribution is 2.29. The van der Waals surface area contributed by atoms with Crippen LogP contribution in [0.4, 0.5) is 13.2 Å². The second kappa shape index (κ2) is 7.67. The summed E-state index contributed by atoms with van der Waals surface area (Å²) in [6.45, 7) is 1.68. The third kappa shape index (κ3) is 5.58. The standard InChI is InChI=1S/C17H19F3N2O3/c1-10(7-11-3-2-4-13(8-11)17(18,19)20)21-15(24)9-12-5-6-14(23)22-16(12)25/h2-4,8,10,12H,5-7,9H2,1H3,(H,21,24)(H,22,23,25)/t10-,12?/m1/s1. The zero-order valence-electron chi connectivity index (χ0n) is 13.7. The first-order chi connectivity index (χ1) is 11.6. The van der Waals surface area contributed by atoms with Gasteiger partial charge < -0.3 is 5.32 Å². The lowest BCUT2D eigenvalue weighted by Crippen LogP contribution is -2.43. The Morgan fingerprint density at radius 1 is 1.36 bits per heavy atom. The first-order valence-corrected chi connectivity index (χ1v) is 7.94. The van der Waals surface area contributed by atoms with Crippen molar-refractivity contribution in [1.82, 2.24) is 10.6 Å². The van der Waals surface area contributed by atoms with Crippen LogP contribution in [0.25, 0.3) is 0 Å². The van der Waals surface area contributed by atoms with Crippen molar-refractivity contribution in [2.75, 3.05) is 0 Å². The molecule has 0 radical (unpaired) electrons. The quantitative estimate of drug-likeness (QED) is 0.794. The number of rotatable bonds is 5. The van der Waals surface area contributed by atoms with Crippen molar-refractivity contribution in [3.05, 3.63) is 35.4 Å². The van der Waals surface area contributed by atoms with Gasteiger partial charge in [0.1, 0.15) is 0 Å². The molecule has 1 heterocycles. The van der Waals surface area contributed by atoms with Crippen LogP contribution in [0.1, 0.15) is 37.3 Å². The molecule has 0 spiro atoms. The van der Waals surface area contributed by atoms with Gasteiger partial charge in [-0.05, 0) is 31.4 Å². The van der Waals surface area contributed by atoms with Gasteiger partial charge in [-0.25, -0.2) is 0 Å². The lowest BCUT2D eigenvalue weighted by Gasteiger charge is -2.21. The minimum absolute atomic E-state index is 0.0496. The molecule has 1 aromatic carbocycles. The highest BCUT2D eigenvalue weighted by atomic mass is 19.4. The Labute approximate surface area is 143 Å². The fraction of sp³-hybridized carbons (Fsp3) is 0.471. The maximum atomic E-state index is 12.7. The predicted molar refractivity (Wildman–Crippen MR) is 83.2 cm³/mol. The number of hydrogen-bond acceptors (Lipinski definition) is 3. The summed E-state index contributed by atoms with van der Waals surface area (Å²) < 4.78 is 38.1. The van der Waals surface area contributed by atoms with Gasteiger partial charge in [-0.1, -0.05) is 18.2 Å². The van der Waals surface area contributed by atoms with E-state index >= 15 is 0 Å². The van der Waals surface area contributed by atoms with Crippen molar-refractivity contribution < 1.29 is 27.6 Å². The molecule has 2 atom stereocenters. The van der Waals surface area contributed by atoms with Crippen molar-refractivity contribution in [2.45, 2.75) is 44.8 Å². The number of hydrogen-bond donors (Lipinski definition) is 2. The monoisotopic (exact) mass is 356 g/mol. The van der Waals surface area contributed by atoms with Crippen LogP contribution < -0.4 is 10.6 Å². The molecule has 1 fully saturated rings. The van der Waals surface area contributed by atoms with E-state index in [0.29, 0.717) is 12.0 Å². The van der Waals surface area contributed by atoms with Crippen molar-refractivity contribution >= 4 is 17.7 Å². The summed E-state index contributed by atoms with van der Waals surface area (Å²) in [6.07, 6.45) is -3.70. The van der Waals surface area contributed by atoms with Crippen LogP contribution in [0, 0.1) is 5.92 Å². The number of alkyl halides is 3. The SMILES string of the molecule is C[C@H](Cc1cccc(C(F)(F)F)c1)NC(=O)CC1CCC(=O)NC1=O. The van der Waals surface area contributed by atoms with E-state index in [1.165, 1.54) is 6.07 Å². The van der Waals surface area contributed by atoms with Gasteiger partial charge >= 0.3 is 6.18 Å². The molecule has 0 bridgehead atoms. The fourth-order valence-corrected chi connectivity index (χ4v) is 2.77. The Kier molecular flexibility index (Phi) is 5.81. The van der Waals surface area contributed by atoms with Gasteiger partial charge in [0.2, 0.25) is 17.7 Å². The second-order valence-corrected chi connectivity index (χ2v) is 6.22. The van der Waals surface area contributed by atoms with Crippen molar-refractivity contribution in [3.63, 3.8) is 0 Å². The highest BCUT2D eigenvalue weighted by Gasteiger charge is 2.31. The molecule has 25 heavy (non-hydrogen) atoms. The van der Waals surface area contributed by atoms with Gasteiger partial charge in [-0.3, -0.25) is 19.7 Å². The summed E-state index contributed by atoms with van der Waals surface area (Å²) in [6, 6.07) is 4.57. The number of benzene rings is 1. The van der Waals surface area contributed by atoms with Crippen molar-refractivity contribution in [1.29, 1.82) is 0 Å². The minimum Gasteiger partial charge on any atom is -0.353 e. The number of halogens is 3. The number of amides is 3. The molecule has 5 nitrogen and oxygen atoms in total. The molecule has 1 aromatic rings. The van der Waals surface area contributed by atoms with Gasteiger partial charge in [0.05, 0.1) is 5.56 Å². The Morgan fingerprint density at radius 3 is 2.72 bits per heavy atom. The van der Waals surface area contributed by atoms with Gasteiger partial charge in [0, 0.05) is 24.8 Å². The van der Waals surface area contributed by atoms with E-state index in [9.17, 15) is 27.6 Å². The van der Waals surface area contributed by atoms with Crippen LogP contribution in [0.3, 0.4) is 0 Å². The lowest BCUT2D eigenvalue weighted by molar-refractivity contribution is -0.139. The van der Waals surface area contributed by atoms with E-state index < -0.39 is 23.6 Å². The summed E-state index contributed by atoms with van der Waals surface area (Å²) in [5.74, 6) is -1.73. The average Bonchev–Trinajstić information content (AvgIpc) is 2.49. The highest BCUT2D eigenvalue weighted by molar-refractivity contribution is 6.00. The number of carbonyl (C=O) groups excluding carboxylic acids is 3. The molecule has 1 aliphatic rings. The third-order valence-electron chi connectivity index (χ3n) is 3.99. The summed E-state index contributed by atoms with van der Waals surface area (Å²) in [5.41, 5.74) is -0.268. The van der Waals surface area contributed by atoms with Gasteiger partial charge in [-0.2, -0.15) is 13.2 Å². The summed E-state index contributed by atoms with van der Waals surface area (Å²) in [4.78, 5) is 34.7. The number of nitrogens with one attached hydrogen (secondary N) is 2. The van der Waals surface area contributed by atoms with Crippen LogP contribution in [0.15, 0.2) is 24.3 Å². The average molecular weight is 356 g/mol. The van der Waals surface area contributed by atoms with Crippen LogP contribution in [-0.4, -0.2) is 23.8 Å². The first kappa shape index (κ1) is 19.0. The Balaban J connectivity index is 1.87. The molecule has 1 saturated heterocycles. The number of imide groups is 1. The number of piperidine rings is 1. The van der Waals surface area contributed by atoms with E-state index in [2.05, 4.69) is 10.6 Å². The summed E-state index contributed by atoms with van der Waals surface area (Å²) >= 11 is 0. The van der Waals surface area contributed by atoms with E-state index in [0.717, 1.165) is 12.1 Å². The first-order valence-electron chi connectivity index (χ1n) is 7.94.